The first-order valence-corrected chi connectivity index (χ1v) is 15.9. The molecule has 2 heterocycles. The van der Waals surface area contributed by atoms with Crippen LogP contribution < -0.4 is 10.5 Å². The van der Waals surface area contributed by atoms with E-state index in [0.29, 0.717) is 5.92 Å². The van der Waals surface area contributed by atoms with Gasteiger partial charge in [0.25, 0.3) is 0 Å². The molecule has 1 unspecified atom stereocenters. The van der Waals surface area contributed by atoms with Crippen LogP contribution in [0.25, 0.3) is 21.8 Å². The first-order valence-electron chi connectivity index (χ1n) is 15.9. The first-order chi connectivity index (χ1) is 19.2. The van der Waals surface area contributed by atoms with Gasteiger partial charge in [0.2, 0.25) is 0 Å². The molecular weight excluding hydrogens is 482 g/mol. The van der Waals surface area contributed by atoms with E-state index in [1.807, 2.05) is 24.3 Å². The minimum absolute atomic E-state index is 0.220. The van der Waals surface area contributed by atoms with Crippen molar-refractivity contribution in [2.24, 2.45) is 11.7 Å². The summed E-state index contributed by atoms with van der Waals surface area (Å²) >= 11 is 0. The molecule has 1 aliphatic heterocycles. The lowest BCUT2D eigenvalue weighted by molar-refractivity contribution is 0.0710. The predicted molar refractivity (Wildman–Crippen MR) is 166 cm³/mol. The van der Waals surface area contributed by atoms with Gasteiger partial charge in [-0.1, -0.05) is 95.4 Å². The van der Waals surface area contributed by atoms with Crippen LogP contribution in [0.15, 0.2) is 42.5 Å². The molecule has 1 aliphatic rings. The van der Waals surface area contributed by atoms with Gasteiger partial charge < -0.3 is 25.5 Å². The minimum Gasteiger partial charge on any atom is -0.490 e. The van der Waals surface area contributed by atoms with Crippen LogP contribution in [0.3, 0.4) is 0 Å². The van der Waals surface area contributed by atoms with Gasteiger partial charge in [-0.2, -0.15) is 0 Å². The minimum atomic E-state index is -0.667. The standard InChI is InChI=1S/C34H53N3O2/c1-2-3-4-5-6-7-8-9-10-11-14-22-37-23-20-27(21-24-37)25-29(35)32(38)26-39-33-19-15-18-31-34(33)28-16-12-13-17-30(28)36-31/h12-13,15-19,27,29,32,36,38H,2-11,14,20-26,35H2,1H3/t29?,32-/m1/s1. The fraction of sp³-hybridized carbons (Fsp3) is 0.647. The van der Waals surface area contributed by atoms with Crippen LogP contribution >= 0.6 is 0 Å². The Morgan fingerprint density at radius 2 is 1.51 bits per heavy atom. The van der Waals surface area contributed by atoms with E-state index in [1.54, 1.807) is 0 Å². The molecule has 2 aromatic carbocycles. The van der Waals surface area contributed by atoms with Crippen LogP contribution in [0, 0.1) is 5.92 Å². The second-order valence-corrected chi connectivity index (χ2v) is 11.9. The second kappa shape index (κ2) is 16.2. The van der Waals surface area contributed by atoms with E-state index in [4.69, 9.17) is 10.5 Å². The first kappa shape index (κ1) is 29.9. The fourth-order valence-electron chi connectivity index (χ4n) is 6.27. The molecule has 216 valence electrons. The summed E-state index contributed by atoms with van der Waals surface area (Å²) in [4.78, 5) is 6.08. The molecule has 0 aliphatic carbocycles. The number of aliphatic hydroxyl groups is 1. The number of hydrogen-bond donors (Lipinski definition) is 3. The molecule has 1 aromatic heterocycles. The Kier molecular flexibility index (Phi) is 12.5. The topological polar surface area (TPSA) is 74.5 Å². The van der Waals surface area contributed by atoms with Crippen LogP contribution in [-0.4, -0.2) is 53.4 Å². The Labute approximate surface area is 236 Å². The molecule has 5 nitrogen and oxygen atoms in total. The number of benzene rings is 2. The number of unbranched alkanes of at least 4 members (excludes halogenated alkanes) is 10. The van der Waals surface area contributed by atoms with Crippen molar-refractivity contribution >= 4 is 21.8 Å². The third-order valence-corrected chi connectivity index (χ3v) is 8.79. The molecule has 1 fully saturated rings. The molecule has 5 heteroatoms. The van der Waals surface area contributed by atoms with E-state index >= 15 is 0 Å². The number of nitrogens with one attached hydrogen (secondary N) is 1. The summed E-state index contributed by atoms with van der Waals surface area (Å²) in [5, 5.41) is 13.0. The monoisotopic (exact) mass is 535 g/mol. The number of ether oxygens (including phenoxy) is 1. The van der Waals surface area contributed by atoms with Gasteiger partial charge in [-0.15, -0.1) is 0 Å². The third-order valence-electron chi connectivity index (χ3n) is 8.79. The van der Waals surface area contributed by atoms with Crippen LogP contribution in [-0.2, 0) is 0 Å². The van der Waals surface area contributed by atoms with Crippen molar-refractivity contribution in [3.63, 3.8) is 0 Å². The van der Waals surface area contributed by atoms with Crippen molar-refractivity contribution in [3.05, 3.63) is 42.5 Å². The number of aromatic nitrogens is 1. The Morgan fingerprint density at radius 1 is 0.872 bits per heavy atom. The Morgan fingerprint density at radius 3 is 2.23 bits per heavy atom. The zero-order chi connectivity index (χ0) is 27.3. The van der Waals surface area contributed by atoms with Crippen LogP contribution in [0.5, 0.6) is 5.75 Å². The maximum atomic E-state index is 10.8. The van der Waals surface area contributed by atoms with Crippen molar-refractivity contribution in [3.8, 4) is 5.75 Å². The number of hydrogen-bond acceptors (Lipinski definition) is 4. The van der Waals surface area contributed by atoms with E-state index in [2.05, 4.69) is 35.0 Å². The Balaban J connectivity index is 1.08. The number of H-pyrrole nitrogens is 1. The highest BCUT2D eigenvalue weighted by atomic mass is 16.5. The van der Waals surface area contributed by atoms with Gasteiger partial charge in [0, 0.05) is 22.3 Å². The summed E-state index contributed by atoms with van der Waals surface area (Å²) in [6.07, 6.45) is 18.0. The number of likely N-dealkylation sites (tertiary alicyclic amines) is 1. The van der Waals surface area contributed by atoms with E-state index in [9.17, 15) is 5.11 Å². The highest BCUT2D eigenvalue weighted by molar-refractivity contribution is 6.10. The number of aliphatic hydroxyl groups excluding tert-OH is 1. The zero-order valence-corrected chi connectivity index (χ0v) is 24.4. The van der Waals surface area contributed by atoms with Crippen molar-refractivity contribution in [2.45, 2.75) is 109 Å². The van der Waals surface area contributed by atoms with Gasteiger partial charge in [-0.3, -0.25) is 0 Å². The third kappa shape index (κ3) is 9.23. The second-order valence-electron chi connectivity index (χ2n) is 11.9. The smallest absolute Gasteiger partial charge is 0.129 e. The molecule has 0 amide bonds. The summed E-state index contributed by atoms with van der Waals surface area (Å²) in [6, 6.07) is 14.0. The van der Waals surface area contributed by atoms with Gasteiger partial charge in [0.1, 0.15) is 18.5 Å². The SMILES string of the molecule is CCCCCCCCCCCCCN1CCC(CC(N)[C@H](O)COc2cccc3[nH]c4ccccc4c23)CC1. The quantitative estimate of drug-likeness (QED) is 0.145. The zero-order valence-electron chi connectivity index (χ0n) is 24.4. The number of para-hydroxylation sites is 1. The average Bonchev–Trinajstić information content (AvgIpc) is 3.35. The number of piperidine rings is 1. The van der Waals surface area contributed by atoms with E-state index in [0.717, 1.165) is 34.0 Å². The molecule has 0 radical (unpaired) electrons. The van der Waals surface area contributed by atoms with Gasteiger partial charge in [0.05, 0.1) is 5.52 Å². The maximum absolute atomic E-state index is 10.8. The number of nitrogens with two attached hydrogens (primary N) is 1. The summed E-state index contributed by atoms with van der Waals surface area (Å²) in [5.41, 5.74) is 8.60. The van der Waals surface area contributed by atoms with Gasteiger partial charge in [-0.25, -0.2) is 0 Å². The largest absolute Gasteiger partial charge is 0.490 e. The lowest BCUT2D eigenvalue weighted by atomic mass is 9.88. The molecule has 0 bridgehead atoms. The lowest BCUT2D eigenvalue weighted by Gasteiger charge is -2.33. The molecule has 0 saturated carbocycles. The van der Waals surface area contributed by atoms with E-state index in [1.165, 1.54) is 103 Å². The number of fused-ring (bicyclic) bond motifs is 3. The van der Waals surface area contributed by atoms with Gasteiger partial charge >= 0.3 is 0 Å². The van der Waals surface area contributed by atoms with Crippen molar-refractivity contribution < 1.29 is 9.84 Å². The van der Waals surface area contributed by atoms with Crippen LogP contribution in [0.1, 0.15) is 96.8 Å². The summed E-state index contributed by atoms with van der Waals surface area (Å²) in [6.45, 7) is 6.09. The molecular formula is C34H53N3O2. The summed E-state index contributed by atoms with van der Waals surface area (Å²) in [5.74, 6) is 1.40. The maximum Gasteiger partial charge on any atom is 0.129 e. The highest BCUT2D eigenvalue weighted by Gasteiger charge is 2.25. The average molecular weight is 536 g/mol. The molecule has 4 rings (SSSR count). The van der Waals surface area contributed by atoms with E-state index < -0.39 is 6.10 Å². The normalized spacial score (nSPS) is 16.7. The molecule has 1 saturated heterocycles. The van der Waals surface area contributed by atoms with Gasteiger partial charge in [-0.05, 0) is 69.4 Å². The Hall–Kier alpha value is -2.08. The molecule has 2 atom stereocenters. The van der Waals surface area contributed by atoms with Gasteiger partial charge in [0.15, 0.2) is 0 Å². The Bertz CT molecular complexity index is 1090. The molecule has 4 N–H and O–H groups in total. The number of rotatable bonds is 18. The predicted octanol–water partition coefficient (Wildman–Crippen LogP) is 7.80. The molecule has 3 aromatic rings. The highest BCUT2D eigenvalue weighted by Crippen LogP contribution is 2.33. The van der Waals surface area contributed by atoms with E-state index in [-0.39, 0.29) is 12.6 Å². The lowest BCUT2D eigenvalue weighted by Crippen LogP contribution is -2.42. The van der Waals surface area contributed by atoms with Crippen molar-refractivity contribution in [2.75, 3.05) is 26.2 Å². The fourth-order valence-corrected chi connectivity index (χ4v) is 6.27. The van der Waals surface area contributed by atoms with Crippen molar-refractivity contribution in [1.82, 2.24) is 9.88 Å². The molecule has 0 spiro atoms. The molecule has 39 heavy (non-hydrogen) atoms. The van der Waals surface area contributed by atoms with Crippen LogP contribution in [0.4, 0.5) is 0 Å². The van der Waals surface area contributed by atoms with Crippen molar-refractivity contribution in [1.29, 1.82) is 0 Å². The number of aromatic amines is 1. The summed E-state index contributed by atoms with van der Waals surface area (Å²) < 4.78 is 6.12. The number of nitrogens with zero attached hydrogens (tertiary/aromatic N) is 1. The summed E-state index contributed by atoms with van der Waals surface area (Å²) in [7, 11) is 0. The van der Waals surface area contributed by atoms with Crippen LogP contribution in [0.2, 0.25) is 0 Å².